The van der Waals surface area contributed by atoms with Crippen LogP contribution in [0.25, 0.3) is 0 Å². The van der Waals surface area contributed by atoms with Gasteiger partial charge in [0.25, 0.3) is 0 Å². The van der Waals surface area contributed by atoms with E-state index in [9.17, 15) is 4.39 Å². The minimum Gasteiger partial charge on any atom is -0.309 e. The summed E-state index contributed by atoms with van der Waals surface area (Å²) in [5.74, 6) is 0.874. The fourth-order valence-electron chi connectivity index (χ4n) is 2.57. The van der Waals surface area contributed by atoms with Crippen molar-refractivity contribution in [3.63, 3.8) is 0 Å². The lowest BCUT2D eigenvalue weighted by molar-refractivity contribution is 0.498. The standard InChI is InChI=1S/C15H18FN3S/c1-19-9-6-11(18-19)5-8-17-14-7-10-20-15-12(14)3-2-4-13(15)16/h2-4,6,9,14,17H,5,7-8,10H2,1H3. The molecule has 1 unspecified atom stereocenters. The first-order valence-corrected chi connectivity index (χ1v) is 7.86. The SMILES string of the molecule is Cn1ccc(CCNC2CCSc3c(F)cccc32)n1. The zero-order valence-electron chi connectivity index (χ0n) is 11.5. The molecule has 0 spiro atoms. The highest BCUT2D eigenvalue weighted by Crippen LogP contribution is 2.37. The van der Waals surface area contributed by atoms with Crippen LogP contribution in [-0.2, 0) is 13.5 Å². The summed E-state index contributed by atoms with van der Waals surface area (Å²) in [6.45, 7) is 0.863. The molecular formula is C15H18FN3S. The Hall–Kier alpha value is -1.33. The van der Waals surface area contributed by atoms with Crippen LogP contribution in [0, 0.1) is 5.82 Å². The summed E-state index contributed by atoms with van der Waals surface area (Å²) >= 11 is 1.62. The summed E-state index contributed by atoms with van der Waals surface area (Å²) < 4.78 is 15.6. The molecular weight excluding hydrogens is 273 g/mol. The number of hydrogen-bond acceptors (Lipinski definition) is 3. The summed E-state index contributed by atoms with van der Waals surface area (Å²) in [4.78, 5) is 0.814. The Kier molecular flexibility index (Phi) is 4.08. The lowest BCUT2D eigenvalue weighted by Gasteiger charge is -2.26. The first-order valence-electron chi connectivity index (χ1n) is 6.87. The molecule has 0 radical (unpaired) electrons. The zero-order valence-corrected chi connectivity index (χ0v) is 12.3. The predicted molar refractivity (Wildman–Crippen MR) is 79.4 cm³/mol. The number of halogens is 1. The Morgan fingerprint density at radius 3 is 3.15 bits per heavy atom. The second-order valence-electron chi connectivity index (χ2n) is 5.03. The summed E-state index contributed by atoms with van der Waals surface area (Å²) in [7, 11) is 1.92. The quantitative estimate of drug-likeness (QED) is 0.939. The van der Waals surface area contributed by atoms with Crippen LogP contribution in [0.3, 0.4) is 0 Å². The Balaban J connectivity index is 1.63. The molecule has 1 aliphatic rings. The van der Waals surface area contributed by atoms with Crippen molar-refractivity contribution < 1.29 is 4.39 Å². The normalized spacial score (nSPS) is 18.0. The number of benzene rings is 1. The van der Waals surface area contributed by atoms with Crippen LogP contribution in [-0.4, -0.2) is 22.1 Å². The third-order valence-corrected chi connectivity index (χ3v) is 4.73. The number of nitrogens with zero attached hydrogens (tertiary/aromatic N) is 2. The molecule has 3 rings (SSSR count). The maximum absolute atomic E-state index is 13.8. The van der Waals surface area contributed by atoms with E-state index in [-0.39, 0.29) is 11.9 Å². The molecule has 0 saturated heterocycles. The van der Waals surface area contributed by atoms with Crippen molar-refractivity contribution in [2.45, 2.75) is 23.8 Å². The molecule has 0 saturated carbocycles. The minimum absolute atomic E-state index is 0.0938. The summed E-state index contributed by atoms with van der Waals surface area (Å²) in [5, 5.41) is 7.90. The van der Waals surface area contributed by atoms with Gasteiger partial charge in [-0.05, 0) is 29.9 Å². The van der Waals surface area contributed by atoms with Crippen molar-refractivity contribution in [1.29, 1.82) is 0 Å². The van der Waals surface area contributed by atoms with E-state index < -0.39 is 0 Å². The highest BCUT2D eigenvalue weighted by Gasteiger charge is 2.22. The van der Waals surface area contributed by atoms with Crippen molar-refractivity contribution in [3.05, 3.63) is 47.5 Å². The van der Waals surface area contributed by atoms with Crippen molar-refractivity contribution in [2.75, 3.05) is 12.3 Å². The van der Waals surface area contributed by atoms with Gasteiger partial charge < -0.3 is 5.32 Å². The van der Waals surface area contributed by atoms with Crippen LogP contribution in [0.2, 0.25) is 0 Å². The molecule has 0 fully saturated rings. The molecule has 1 atom stereocenters. The van der Waals surface area contributed by atoms with E-state index in [4.69, 9.17) is 0 Å². The van der Waals surface area contributed by atoms with Gasteiger partial charge in [-0.25, -0.2) is 4.39 Å². The second kappa shape index (κ2) is 5.97. The van der Waals surface area contributed by atoms with Gasteiger partial charge in [0.15, 0.2) is 0 Å². The van der Waals surface area contributed by atoms with Gasteiger partial charge in [0.2, 0.25) is 0 Å². The van der Waals surface area contributed by atoms with Crippen LogP contribution in [0.4, 0.5) is 4.39 Å². The first-order chi connectivity index (χ1) is 9.74. The predicted octanol–water partition coefficient (Wildman–Crippen LogP) is 2.93. The van der Waals surface area contributed by atoms with Crippen LogP contribution < -0.4 is 5.32 Å². The molecule has 0 aliphatic carbocycles. The van der Waals surface area contributed by atoms with Crippen molar-refractivity contribution >= 4 is 11.8 Å². The van der Waals surface area contributed by atoms with Crippen LogP contribution in [0.15, 0.2) is 35.4 Å². The van der Waals surface area contributed by atoms with Gasteiger partial charge in [-0.2, -0.15) is 5.10 Å². The number of aryl methyl sites for hydroxylation is 1. The lowest BCUT2D eigenvalue weighted by atomic mass is 10.0. The highest BCUT2D eigenvalue weighted by molar-refractivity contribution is 7.99. The molecule has 2 aromatic rings. The van der Waals surface area contributed by atoms with Gasteiger partial charge in [0, 0.05) is 37.1 Å². The number of thioether (sulfide) groups is 1. The molecule has 1 N–H and O–H groups in total. The Labute approximate surface area is 122 Å². The highest BCUT2D eigenvalue weighted by atomic mass is 32.2. The van der Waals surface area contributed by atoms with Crippen molar-refractivity contribution in [3.8, 4) is 0 Å². The van der Waals surface area contributed by atoms with E-state index in [2.05, 4.69) is 10.4 Å². The molecule has 1 aliphatic heterocycles. The average molecular weight is 291 g/mol. The molecule has 106 valence electrons. The Morgan fingerprint density at radius 2 is 2.35 bits per heavy atom. The Morgan fingerprint density at radius 1 is 1.45 bits per heavy atom. The monoisotopic (exact) mass is 291 g/mol. The zero-order chi connectivity index (χ0) is 13.9. The molecule has 3 nitrogen and oxygen atoms in total. The largest absolute Gasteiger partial charge is 0.309 e. The fourth-order valence-corrected chi connectivity index (χ4v) is 3.71. The van der Waals surface area contributed by atoms with Gasteiger partial charge in [-0.3, -0.25) is 4.68 Å². The van der Waals surface area contributed by atoms with Gasteiger partial charge in [-0.1, -0.05) is 12.1 Å². The molecule has 0 amide bonds. The number of fused-ring (bicyclic) bond motifs is 1. The lowest BCUT2D eigenvalue weighted by Crippen LogP contribution is -2.27. The molecule has 2 heterocycles. The summed E-state index contributed by atoms with van der Waals surface area (Å²) in [5.41, 5.74) is 2.19. The van der Waals surface area contributed by atoms with E-state index >= 15 is 0 Å². The molecule has 0 bridgehead atoms. The fraction of sp³-hybridized carbons (Fsp3) is 0.400. The van der Waals surface area contributed by atoms with Crippen molar-refractivity contribution in [2.24, 2.45) is 7.05 Å². The number of aromatic nitrogens is 2. The van der Waals surface area contributed by atoms with E-state index in [1.807, 2.05) is 30.1 Å². The molecule has 5 heteroatoms. The van der Waals surface area contributed by atoms with Gasteiger partial charge in [0.05, 0.1) is 5.69 Å². The second-order valence-corrected chi connectivity index (χ2v) is 6.14. The molecule has 1 aromatic heterocycles. The van der Waals surface area contributed by atoms with E-state index in [1.54, 1.807) is 23.9 Å². The van der Waals surface area contributed by atoms with Gasteiger partial charge >= 0.3 is 0 Å². The molecule has 1 aromatic carbocycles. The topological polar surface area (TPSA) is 29.9 Å². The van der Waals surface area contributed by atoms with Crippen LogP contribution >= 0.6 is 11.8 Å². The van der Waals surface area contributed by atoms with E-state index in [1.165, 1.54) is 0 Å². The van der Waals surface area contributed by atoms with Crippen molar-refractivity contribution in [1.82, 2.24) is 15.1 Å². The smallest absolute Gasteiger partial charge is 0.137 e. The first kappa shape index (κ1) is 13.6. The maximum atomic E-state index is 13.8. The number of hydrogen-bond donors (Lipinski definition) is 1. The van der Waals surface area contributed by atoms with Crippen LogP contribution in [0.1, 0.15) is 23.7 Å². The third-order valence-electron chi connectivity index (χ3n) is 3.57. The van der Waals surface area contributed by atoms with E-state index in [0.29, 0.717) is 0 Å². The third kappa shape index (κ3) is 2.88. The summed E-state index contributed by atoms with van der Waals surface area (Å²) in [6.07, 6.45) is 3.90. The van der Waals surface area contributed by atoms with Crippen LogP contribution in [0.5, 0.6) is 0 Å². The van der Waals surface area contributed by atoms with Gasteiger partial charge in [0.1, 0.15) is 5.82 Å². The number of rotatable bonds is 4. The summed E-state index contributed by atoms with van der Waals surface area (Å²) in [6, 6.07) is 7.66. The van der Waals surface area contributed by atoms with Gasteiger partial charge in [-0.15, -0.1) is 11.8 Å². The van der Waals surface area contributed by atoms with E-state index in [0.717, 1.165) is 41.3 Å². The minimum atomic E-state index is -0.0938. The Bertz CT molecular complexity index is 597. The molecule has 20 heavy (non-hydrogen) atoms. The average Bonchev–Trinajstić information content (AvgIpc) is 2.86. The number of nitrogens with one attached hydrogen (secondary N) is 1. The maximum Gasteiger partial charge on any atom is 0.137 e.